The lowest BCUT2D eigenvalue weighted by Gasteiger charge is -2.39. The predicted molar refractivity (Wildman–Crippen MR) is 210 cm³/mol. The SMILES string of the molecule is CCCCC/C=C/C/C=C/C/C=C/CCCCCCC(=O)OC[C@@H](CO[C@H]1O[C@@H](CO)[C@@H](O)C(O)C1O)OC(=O)CCCCCCCCCCCCC. The molecule has 53 heavy (non-hydrogen) atoms. The second-order valence-corrected chi connectivity index (χ2v) is 14.4. The summed E-state index contributed by atoms with van der Waals surface area (Å²) in [4.78, 5) is 25.2. The molecule has 2 unspecified atom stereocenters. The average Bonchev–Trinajstić information content (AvgIpc) is 3.15. The summed E-state index contributed by atoms with van der Waals surface area (Å²) in [6.45, 7) is 3.35. The van der Waals surface area contributed by atoms with Crippen molar-refractivity contribution in [2.24, 2.45) is 0 Å². The zero-order valence-electron chi connectivity index (χ0n) is 33.3. The van der Waals surface area contributed by atoms with Crippen LogP contribution in [0.1, 0.15) is 168 Å². The molecule has 0 aromatic carbocycles. The summed E-state index contributed by atoms with van der Waals surface area (Å²) in [6.07, 6.45) is 30.1. The van der Waals surface area contributed by atoms with E-state index in [-0.39, 0.29) is 26.1 Å². The second kappa shape index (κ2) is 34.4. The summed E-state index contributed by atoms with van der Waals surface area (Å²) < 4.78 is 22.1. The molecule has 0 spiro atoms. The quantitative estimate of drug-likeness (QED) is 0.0287. The average molecular weight is 753 g/mol. The molecule has 1 heterocycles. The molecular weight excluding hydrogens is 676 g/mol. The van der Waals surface area contributed by atoms with E-state index in [9.17, 15) is 30.0 Å². The molecule has 6 atom stereocenters. The van der Waals surface area contributed by atoms with Crippen LogP contribution >= 0.6 is 0 Å². The number of esters is 2. The van der Waals surface area contributed by atoms with Gasteiger partial charge in [-0.2, -0.15) is 0 Å². The lowest BCUT2D eigenvalue weighted by atomic mass is 9.99. The van der Waals surface area contributed by atoms with Crippen LogP contribution in [0.4, 0.5) is 0 Å². The van der Waals surface area contributed by atoms with Crippen LogP contribution in [0, 0.1) is 0 Å². The molecule has 0 saturated carbocycles. The Morgan fingerprint density at radius 2 is 1.06 bits per heavy atom. The van der Waals surface area contributed by atoms with E-state index in [2.05, 4.69) is 50.3 Å². The van der Waals surface area contributed by atoms with Crippen molar-refractivity contribution in [3.8, 4) is 0 Å². The first-order valence-corrected chi connectivity index (χ1v) is 21.1. The van der Waals surface area contributed by atoms with Crippen LogP contribution in [0.25, 0.3) is 0 Å². The lowest BCUT2D eigenvalue weighted by molar-refractivity contribution is -0.305. The second-order valence-electron chi connectivity index (χ2n) is 14.4. The Morgan fingerprint density at radius 1 is 0.585 bits per heavy atom. The zero-order valence-corrected chi connectivity index (χ0v) is 33.3. The maximum atomic E-state index is 12.7. The highest BCUT2D eigenvalue weighted by Crippen LogP contribution is 2.22. The minimum atomic E-state index is -1.60. The fourth-order valence-corrected chi connectivity index (χ4v) is 6.13. The Labute approximate surface area is 321 Å². The molecule has 10 nitrogen and oxygen atoms in total. The van der Waals surface area contributed by atoms with Crippen molar-refractivity contribution in [2.45, 2.75) is 205 Å². The van der Waals surface area contributed by atoms with Gasteiger partial charge in [-0.1, -0.05) is 140 Å². The fourth-order valence-electron chi connectivity index (χ4n) is 6.13. The molecule has 308 valence electrons. The molecule has 0 aromatic rings. The number of carbonyl (C=O) groups excluding carboxylic acids is 2. The van der Waals surface area contributed by atoms with Gasteiger partial charge in [-0.15, -0.1) is 0 Å². The van der Waals surface area contributed by atoms with Gasteiger partial charge < -0.3 is 39.4 Å². The first kappa shape index (κ1) is 48.9. The number of unbranched alkanes of at least 4 members (excludes halogenated alkanes) is 17. The highest BCUT2D eigenvalue weighted by atomic mass is 16.7. The molecule has 1 aliphatic rings. The highest BCUT2D eigenvalue weighted by molar-refractivity contribution is 5.70. The molecule has 4 N–H and O–H groups in total. The number of aliphatic hydroxyl groups excluding tert-OH is 4. The van der Waals surface area contributed by atoms with Crippen LogP contribution in [0.3, 0.4) is 0 Å². The van der Waals surface area contributed by atoms with Crippen LogP contribution in [0.15, 0.2) is 36.5 Å². The van der Waals surface area contributed by atoms with E-state index in [1.165, 1.54) is 70.6 Å². The van der Waals surface area contributed by atoms with Crippen molar-refractivity contribution in [2.75, 3.05) is 19.8 Å². The van der Waals surface area contributed by atoms with Gasteiger partial charge in [-0.3, -0.25) is 9.59 Å². The van der Waals surface area contributed by atoms with E-state index in [0.29, 0.717) is 12.8 Å². The van der Waals surface area contributed by atoms with Crippen molar-refractivity contribution in [1.29, 1.82) is 0 Å². The molecule has 1 fully saturated rings. The van der Waals surface area contributed by atoms with E-state index >= 15 is 0 Å². The fraction of sp³-hybridized carbons (Fsp3) is 0.814. The molecule has 1 aliphatic heterocycles. The number of carbonyl (C=O) groups is 2. The minimum absolute atomic E-state index is 0.226. The summed E-state index contributed by atoms with van der Waals surface area (Å²) in [6, 6.07) is 0. The number of hydrogen-bond acceptors (Lipinski definition) is 10. The van der Waals surface area contributed by atoms with Crippen LogP contribution in [-0.4, -0.2) is 89.0 Å². The van der Waals surface area contributed by atoms with E-state index in [1.54, 1.807) is 0 Å². The summed E-state index contributed by atoms with van der Waals surface area (Å²) in [5.41, 5.74) is 0. The maximum Gasteiger partial charge on any atom is 0.306 e. The summed E-state index contributed by atoms with van der Waals surface area (Å²) >= 11 is 0. The van der Waals surface area contributed by atoms with Gasteiger partial charge in [0.05, 0.1) is 13.2 Å². The van der Waals surface area contributed by atoms with Crippen molar-refractivity contribution in [3.63, 3.8) is 0 Å². The molecular formula is C43H76O10. The maximum absolute atomic E-state index is 12.7. The van der Waals surface area contributed by atoms with E-state index in [0.717, 1.165) is 57.8 Å². The summed E-state index contributed by atoms with van der Waals surface area (Å²) in [5.74, 6) is -0.832. The standard InChI is InChI=1S/C43H76O10/c1-3-5-7-9-11-13-15-16-17-18-19-20-22-23-25-27-29-31-38(45)50-34-36(35-51-43-42(49)41(48)40(47)37(33-44)53-43)52-39(46)32-30-28-26-24-21-14-12-10-8-6-4-2/h11,13,16-17,19-20,36-37,40-44,47-49H,3-10,12,14-15,18,21-35H2,1-2H3/b13-11+,17-16+,20-19+/t36-,37-,40+,41?,42?,43-/m0/s1. The first-order valence-electron chi connectivity index (χ1n) is 21.1. The Kier molecular flexibility index (Phi) is 31.8. The van der Waals surface area contributed by atoms with Crippen molar-refractivity contribution >= 4 is 11.9 Å². The third kappa shape index (κ3) is 26.4. The lowest BCUT2D eigenvalue weighted by Crippen LogP contribution is -2.59. The van der Waals surface area contributed by atoms with Crippen molar-refractivity contribution < 1.29 is 49.0 Å². The minimum Gasteiger partial charge on any atom is -0.462 e. The van der Waals surface area contributed by atoms with Crippen molar-refractivity contribution in [3.05, 3.63) is 36.5 Å². The summed E-state index contributed by atoms with van der Waals surface area (Å²) in [7, 11) is 0. The molecule has 1 saturated heterocycles. The number of allylic oxidation sites excluding steroid dienone is 6. The molecule has 1 rings (SSSR count). The van der Waals surface area contributed by atoms with Gasteiger partial charge in [0, 0.05) is 12.8 Å². The number of aliphatic hydroxyl groups is 4. The number of ether oxygens (including phenoxy) is 4. The van der Waals surface area contributed by atoms with Crippen LogP contribution in [-0.2, 0) is 28.5 Å². The molecule has 0 radical (unpaired) electrons. The number of hydrogen-bond donors (Lipinski definition) is 4. The largest absolute Gasteiger partial charge is 0.462 e. The van der Waals surface area contributed by atoms with Gasteiger partial charge in [0.2, 0.25) is 0 Å². The Morgan fingerprint density at radius 3 is 1.62 bits per heavy atom. The Hall–Kier alpha value is -2.08. The smallest absolute Gasteiger partial charge is 0.306 e. The predicted octanol–water partition coefficient (Wildman–Crippen LogP) is 8.33. The normalized spacial score (nSPS) is 21.2. The van der Waals surface area contributed by atoms with Crippen molar-refractivity contribution in [1.82, 2.24) is 0 Å². The Balaban J connectivity index is 2.37. The Bertz CT molecular complexity index is 965. The van der Waals surface area contributed by atoms with Crippen LogP contribution < -0.4 is 0 Å². The number of rotatable bonds is 34. The van der Waals surface area contributed by atoms with Gasteiger partial charge in [0.1, 0.15) is 31.0 Å². The van der Waals surface area contributed by atoms with Gasteiger partial charge in [-0.25, -0.2) is 0 Å². The topological polar surface area (TPSA) is 152 Å². The third-order valence-corrected chi connectivity index (χ3v) is 9.53. The zero-order chi connectivity index (χ0) is 38.8. The van der Waals surface area contributed by atoms with Gasteiger partial charge in [0.15, 0.2) is 12.4 Å². The highest BCUT2D eigenvalue weighted by Gasteiger charge is 2.44. The van der Waals surface area contributed by atoms with Crippen LogP contribution in [0.5, 0.6) is 0 Å². The van der Waals surface area contributed by atoms with Gasteiger partial charge in [-0.05, 0) is 51.4 Å². The molecule has 0 bridgehead atoms. The van der Waals surface area contributed by atoms with E-state index in [1.807, 2.05) is 0 Å². The van der Waals surface area contributed by atoms with E-state index < -0.39 is 55.4 Å². The monoisotopic (exact) mass is 753 g/mol. The van der Waals surface area contributed by atoms with Crippen LogP contribution in [0.2, 0.25) is 0 Å². The molecule has 0 amide bonds. The van der Waals surface area contributed by atoms with Gasteiger partial charge >= 0.3 is 11.9 Å². The molecule has 0 aliphatic carbocycles. The molecule has 10 heteroatoms. The van der Waals surface area contributed by atoms with Gasteiger partial charge in [0.25, 0.3) is 0 Å². The third-order valence-electron chi connectivity index (χ3n) is 9.53. The van der Waals surface area contributed by atoms with E-state index in [4.69, 9.17) is 18.9 Å². The molecule has 0 aromatic heterocycles. The first-order chi connectivity index (χ1) is 25.8. The summed E-state index contributed by atoms with van der Waals surface area (Å²) in [5, 5.41) is 40.0.